The number of hydrogen-bond acceptors (Lipinski definition) is 4. The molecule has 5 rings (SSSR count). The van der Waals surface area contributed by atoms with E-state index >= 15 is 0 Å². The van der Waals surface area contributed by atoms with Crippen molar-refractivity contribution in [2.45, 2.75) is 24.8 Å². The zero-order chi connectivity index (χ0) is 27.4. The largest absolute Gasteiger partial charge is 0.369 e. The molecule has 1 aliphatic carbocycles. The van der Waals surface area contributed by atoms with Crippen LogP contribution in [0.3, 0.4) is 0 Å². The summed E-state index contributed by atoms with van der Waals surface area (Å²) in [6, 6.07) is 18.4. The Labute approximate surface area is 227 Å². The van der Waals surface area contributed by atoms with E-state index in [-0.39, 0.29) is 17.4 Å². The maximum absolute atomic E-state index is 13.9. The predicted molar refractivity (Wildman–Crippen MR) is 150 cm³/mol. The van der Waals surface area contributed by atoms with Gasteiger partial charge < -0.3 is 20.4 Å². The van der Waals surface area contributed by atoms with Crippen LogP contribution in [0, 0.1) is 11.6 Å². The van der Waals surface area contributed by atoms with Crippen molar-refractivity contribution in [1.82, 2.24) is 10.2 Å². The van der Waals surface area contributed by atoms with Gasteiger partial charge in [0.15, 0.2) is 0 Å². The molecule has 2 amide bonds. The molecule has 6 nitrogen and oxygen atoms in total. The first-order valence-corrected chi connectivity index (χ1v) is 13.2. The molecule has 0 radical (unpaired) electrons. The molecular formula is C31H32F2N4O2. The molecule has 2 fully saturated rings. The molecule has 1 aliphatic heterocycles. The standard InChI is InChI=1S/C31H32F2N4O2/c1-36-17-19-37(20-18-36)27-12-4-23(5-13-27)30(39)34-26-10-7-24(8-11-26)31(15-2-16-31)35-29(38)14-6-22-3-9-25(32)21-28(22)33/h3-14,21H,2,15-20H2,1H3,(H,34,39)(H,35,38)/b14-6+. The normalized spacial score (nSPS) is 17.1. The fourth-order valence-corrected chi connectivity index (χ4v) is 5.06. The van der Waals surface area contributed by atoms with Crippen molar-refractivity contribution in [1.29, 1.82) is 0 Å². The highest BCUT2D eigenvalue weighted by atomic mass is 19.1. The third-order valence-electron chi connectivity index (χ3n) is 7.64. The average molecular weight is 531 g/mol. The van der Waals surface area contributed by atoms with E-state index in [0.29, 0.717) is 11.3 Å². The Morgan fingerprint density at radius 1 is 0.897 bits per heavy atom. The summed E-state index contributed by atoms with van der Waals surface area (Å²) < 4.78 is 27.0. The number of carbonyl (C=O) groups excluding carboxylic acids is 2. The first-order valence-electron chi connectivity index (χ1n) is 13.2. The van der Waals surface area contributed by atoms with Gasteiger partial charge in [0.25, 0.3) is 5.91 Å². The molecule has 1 heterocycles. The van der Waals surface area contributed by atoms with Crippen molar-refractivity contribution < 1.29 is 18.4 Å². The molecule has 1 saturated carbocycles. The summed E-state index contributed by atoms with van der Waals surface area (Å²) in [5.74, 6) is -1.92. The van der Waals surface area contributed by atoms with Gasteiger partial charge in [-0.1, -0.05) is 12.1 Å². The number of likely N-dealkylation sites (N-methyl/N-ethyl adjacent to an activating group) is 1. The monoisotopic (exact) mass is 530 g/mol. The molecule has 0 atom stereocenters. The molecule has 2 aliphatic rings. The Morgan fingerprint density at radius 2 is 1.59 bits per heavy atom. The number of rotatable bonds is 7. The van der Waals surface area contributed by atoms with Crippen LogP contribution >= 0.6 is 0 Å². The van der Waals surface area contributed by atoms with E-state index in [2.05, 4.69) is 27.5 Å². The lowest BCUT2D eigenvalue weighted by Gasteiger charge is -2.43. The second-order valence-electron chi connectivity index (χ2n) is 10.3. The second-order valence-corrected chi connectivity index (χ2v) is 10.3. The van der Waals surface area contributed by atoms with Gasteiger partial charge in [0.1, 0.15) is 11.6 Å². The van der Waals surface area contributed by atoms with Gasteiger partial charge in [-0.15, -0.1) is 0 Å². The maximum atomic E-state index is 13.9. The van der Waals surface area contributed by atoms with E-state index in [9.17, 15) is 18.4 Å². The number of anilines is 2. The van der Waals surface area contributed by atoms with Gasteiger partial charge in [-0.3, -0.25) is 9.59 Å². The average Bonchev–Trinajstić information content (AvgIpc) is 2.91. The van der Waals surface area contributed by atoms with Crippen molar-refractivity contribution in [2.24, 2.45) is 0 Å². The number of amides is 2. The minimum absolute atomic E-state index is 0.142. The zero-order valence-corrected chi connectivity index (χ0v) is 21.9. The van der Waals surface area contributed by atoms with Crippen molar-refractivity contribution in [2.75, 3.05) is 43.4 Å². The number of benzene rings is 3. The zero-order valence-electron chi connectivity index (χ0n) is 21.9. The predicted octanol–water partition coefficient (Wildman–Crippen LogP) is 5.18. The van der Waals surface area contributed by atoms with Crippen LogP contribution in [0.25, 0.3) is 6.08 Å². The number of hydrogen-bond donors (Lipinski definition) is 2. The number of piperazine rings is 1. The summed E-state index contributed by atoms with van der Waals surface area (Å²) in [5, 5.41) is 6.00. The summed E-state index contributed by atoms with van der Waals surface area (Å²) in [4.78, 5) is 30.1. The smallest absolute Gasteiger partial charge is 0.255 e. The molecule has 8 heteroatoms. The van der Waals surface area contributed by atoms with Crippen molar-refractivity contribution in [3.63, 3.8) is 0 Å². The van der Waals surface area contributed by atoms with Crippen LogP contribution in [-0.2, 0) is 10.3 Å². The van der Waals surface area contributed by atoms with Crippen molar-refractivity contribution >= 4 is 29.3 Å². The van der Waals surface area contributed by atoms with Gasteiger partial charge >= 0.3 is 0 Å². The highest BCUT2D eigenvalue weighted by molar-refractivity contribution is 6.04. The van der Waals surface area contributed by atoms with E-state index < -0.39 is 17.2 Å². The third kappa shape index (κ3) is 6.17. The Morgan fingerprint density at radius 3 is 2.21 bits per heavy atom. The molecule has 0 spiro atoms. The highest BCUT2D eigenvalue weighted by Crippen LogP contribution is 2.41. The Hall–Kier alpha value is -4.04. The van der Waals surface area contributed by atoms with Crippen molar-refractivity contribution in [3.05, 3.63) is 101 Å². The van der Waals surface area contributed by atoms with E-state index in [4.69, 9.17) is 0 Å². The van der Waals surface area contributed by atoms with Gasteiger partial charge in [-0.2, -0.15) is 0 Å². The number of nitrogens with zero attached hydrogens (tertiary/aromatic N) is 2. The third-order valence-corrected chi connectivity index (χ3v) is 7.64. The van der Waals surface area contributed by atoms with E-state index in [1.165, 1.54) is 18.2 Å². The molecule has 39 heavy (non-hydrogen) atoms. The summed E-state index contributed by atoms with van der Waals surface area (Å²) in [5.41, 5.74) is 2.95. The molecular weight excluding hydrogens is 498 g/mol. The van der Waals surface area contributed by atoms with E-state index in [0.717, 1.165) is 68.8 Å². The first-order chi connectivity index (χ1) is 18.8. The van der Waals surface area contributed by atoms with Crippen LogP contribution in [0.4, 0.5) is 20.2 Å². The Bertz CT molecular complexity index is 1360. The van der Waals surface area contributed by atoms with Gasteiger partial charge in [0.2, 0.25) is 5.91 Å². The number of carbonyl (C=O) groups is 2. The van der Waals surface area contributed by atoms with Crippen LogP contribution in [0.15, 0.2) is 72.8 Å². The molecule has 1 saturated heterocycles. The molecule has 2 N–H and O–H groups in total. The molecule has 0 bridgehead atoms. The lowest BCUT2D eigenvalue weighted by atomic mass is 9.71. The van der Waals surface area contributed by atoms with Crippen LogP contribution in [0.2, 0.25) is 0 Å². The topological polar surface area (TPSA) is 64.7 Å². The SMILES string of the molecule is CN1CCN(c2ccc(C(=O)Nc3ccc(C4(NC(=O)/C=C/c5ccc(F)cc5F)CCC4)cc3)cc2)CC1. The molecule has 3 aromatic rings. The Kier molecular flexibility index (Phi) is 7.74. The number of halogens is 2. The van der Waals surface area contributed by atoms with Gasteiger partial charge in [0, 0.05) is 60.8 Å². The summed E-state index contributed by atoms with van der Waals surface area (Å²) >= 11 is 0. The highest BCUT2D eigenvalue weighted by Gasteiger charge is 2.39. The molecule has 202 valence electrons. The quantitative estimate of drug-likeness (QED) is 0.414. The van der Waals surface area contributed by atoms with Crippen LogP contribution < -0.4 is 15.5 Å². The van der Waals surface area contributed by atoms with E-state index in [1.54, 1.807) is 0 Å². The minimum atomic E-state index is -0.721. The Balaban J connectivity index is 1.19. The molecule has 0 unspecified atom stereocenters. The van der Waals surface area contributed by atoms with Crippen LogP contribution in [-0.4, -0.2) is 49.9 Å². The molecule has 0 aromatic heterocycles. The first kappa shape index (κ1) is 26.6. The lowest BCUT2D eigenvalue weighted by molar-refractivity contribution is -0.119. The lowest BCUT2D eigenvalue weighted by Crippen LogP contribution is -2.50. The minimum Gasteiger partial charge on any atom is -0.369 e. The van der Waals surface area contributed by atoms with Crippen molar-refractivity contribution in [3.8, 4) is 0 Å². The van der Waals surface area contributed by atoms with Gasteiger partial charge in [-0.05, 0) is 86.5 Å². The van der Waals surface area contributed by atoms with E-state index in [1.807, 2.05) is 48.5 Å². The van der Waals surface area contributed by atoms with Crippen LogP contribution in [0.1, 0.15) is 40.7 Å². The van der Waals surface area contributed by atoms with Crippen LogP contribution in [0.5, 0.6) is 0 Å². The maximum Gasteiger partial charge on any atom is 0.255 e. The molecule has 3 aromatic carbocycles. The summed E-state index contributed by atoms with van der Waals surface area (Å²) in [6.45, 7) is 3.99. The van der Waals surface area contributed by atoms with Gasteiger partial charge in [0.05, 0.1) is 5.54 Å². The summed E-state index contributed by atoms with van der Waals surface area (Å²) in [7, 11) is 2.12. The second kappa shape index (κ2) is 11.4. The number of nitrogens with one attached hydrogen (secondary N) is 2. The van der Waals surface area contributed by atoms with Gasteiger partial charge in [-0.25, -0.2) is 8.78 Å². The summed E-state index contributed by atoms with van der Waals surface area (Å²) in [6.07, 6.45) is 5.14. The fraction of sp³-hybridized carbons (Fsp3) is 0.290. The fourth-order valence-electron chi connectivity index (χ4n) is 5.06.